The van der Waals surface area contributed by atoms with Gasteiger partial charge in [-0.05, 0) is 67.3 Å². The average molecular weight is 273 g/mol. The largest absolute Gasteiger partial charge is 0.508 e. The fraction of sp³-hybridized carbons (Fsp3) is 0.667. The number of benzene rings is 1. The Hall–Kier alpha value is -1.02. The van der Waals surface area contributed by atoms with Crippen molar-refractivity contribution >= 4 is 0 Å². The van der Waals surface area contributed by atoms with Gasteiger partial charge in [-0.2, -0.15) is 0 Å². The van der Waals surface area contributed by atoms with Gasteiger partial charge in [-0.15, -0.1) is 0 Å². The zero-order chi connectivity index (χ0) is 14.3. The van der Waals surface area contributed by atoms with Crippen molar-refractivity contribution in [2.75, 3.05) is 13.6 Å². The van der Waals surface area contributed by atoms with Crippen LogP contribution in [0.25, 0.3) is 0 Å². The summed E-state index contributed by atoms with van der Waals surface area (Å²) in [5, 5.41) is 9.91. The zero-order valence-electron chi connectivity index (χ0n) is 13.0. The lowest BCUT2D eigenvalue weighted by Gasteiger charge is -2.54. The molecule has 1 heterocycles. The summed E-state index contributed by atoms with van der Waals surface area (Å²) < 4.78 is 0. The first-order valence-corrected chi connectivity index (χ1v) is 8.04. The second-order valence-electron chi connectivity index (χ2n) is 7.33. The molecule has 1 fully saturated rings. The van der Waals surface area contributed by atoms with Crippen molar-refractivity contribution in [3.8, 4) is 5.75 Å². The lowest BCUT2D eigenvalue weighted by molar-refractivity contribution is -0.0150. The van der Waals surface area contributed by atoms with Gasteiger partial charge in [-0.25, -0.2) is 0 Å². The molecule has 1 aliphatic carbocycles. The molecule has 1 saturated carbocycles. The minimum Gasteiger partial charge on any atom is -0.508 e. The average Bonchev–Trinajstić information content (AvgIpc) is 2.34. The van der Waals surface area contributed by atoms with Crippen molar-refractivity contribution in [2.24, 2.45) is 11.3 Å². The minimum absolute atomic E-state index is 0.420. The zero-order valence-corrected chi connectivity index (χ0v) is 13.0. The molecule has 2 nitrogen and oxygen atoms in total. The van der Waals surface area contributed by atoms with Crippen LogP contribution in [0, 0.1) is 11.3 Å². The summed E-state index contributed by atoms with van der Waals surface area (Å²) in [6.07, 6.45) is 6.47. The number of fused-ring (bicyclic) bond motifs is 1. The number of nitrogens with zero attached hydrogens (tertiary/aromatic N) is 1. The smallest absolute Gasteiger partial charge is 0.115 e. The van der Waals surface area contributed by atoms with Crippen LogP contribution in [0.3, 0.4) is 0 Å². The fourth-order valence-electron chi connectivity index (χ4n) is 4.56. The SMILES string of the molecule is CC(C)CC1(C2c3cc(O)ccc3CCN2C)CCC1. The van der Waals surface area contributed by atoms with Gasteiger partial charge in [0.15, 0.2) is 0 Å². The highest BCUT2D eigenvalue weighted by Crippen LogP contribution is 2.57. The van der Waals surface area contributed by atoms with Crippen LogP contribution in [0.4, 0.5) is 0 Å². The van der Waals surface area contributed by atoms with Crippen LogP contribution < -0.4 is 0 Å². The van der Waals surface area contributed by atoms with E-state index in [0.29, 0.717) is 17.2 Å². The van der Waals surface area contributed by atoms with Crippen LogP contribution >= 0.6 is 0 Å². The Morgan fingerprint density at radius 3 is 2.70 bits per heavy atom. The summed E-state index contributed by atoms with van der Waals surface area (Å²) >= 11 is 0. The van der Waals surface area contributed by atoms with Gasteiger partial charge in [0.1, 0.15) is 5.75 Å². The molecule has 1 aromatic rings. The van der Waals surface area contributed by atoms with Crippen molar-refractivity contribution in [3.05, 3.63) is 29.3 Å². The Bertz CT molecular complexity index is 490. The normalized spacial score (nSPS) is 25.3. The molecule has 1 aliphatic heterocycles. The third kappa shape index (κ3) is 2.24. The molecule has 2 aliphatic rings. The molecule has 2 heteroatoms. The van der Waals surface area contributed by atoms with E-state index in [-0.39, 0.29) is 0 Å². The maximum Gasteiger partial charge on any atom is 0.115 e. The van der Waals surface area contributed by atoms with E-state index in [2.05, 4.69) is 31.9 Å². The van der Waals surface area contributed by atoms with Gasteiger partial charge in [-0.3, -0.25) is 4.90 Å². The number of aromatic hydroxyl groups is 1. The molecule has 0 radical (unpaired) electrons. The van der Waals surface area contributed by atoms with Gasteiger partial charge in [0.05, 0.1) is 0 Å². The number of likely N-dealkylation sites (N-methyl/N-ethyl adjacent to an activating group) is 1. The minimum atomic E-state index is 0.420. The lowest BCUT2D eigenvalue weighted by atomic mass is 9.57. The van der Waals surface area contributed by atoms with E-state index < -0.39 is 0 Å². The molecule has 0 amide bonds. The summed E-state index contributed by atoms with van der Waals surface area (Å²) in [5.74, 6) is 1.16. The van der Waals surface area contributed by atoms with E-state index in [1.165, 1.54) is 36.8 Å². The number of hydrogen-bond acceptors (Lipinski definition) is 2. The molecule has 1 unspecified atom stereocenters. The highest BCUT2D eigenvalue weighted by molar-refractivity contribution is 5.40. The van der Waals surface area contributed by atoms with Crippen LogP contribution in [0.5, 0.6) is 5.75 Å². The van der Waals surface area contributed by atoms with Crippen LogP contribution in [-0.2, 0) is 6.42 Å². The summed E-state index contributed by atoms with van der Waals surface area (Å²) in [4.78, 5) is 2.53. The fourth-order valence-corrected chi connectivity index (χ4v) is 4.56. The summed E-state index contributed by atoms with van der Waals surface area (Å²) in [6.45, 7) is 5.82. The molecule has 20 heavy (non-hydrogen) atoms. The molecule has 1 atom stereocenters. The number of rotatable bonds is 3. The quantitative estimate of drug-likeness (QED) is 0.894. The first kappa shape index (κ1) is 13.9. The molecule has 0 saturated heterocycles. The van der Waals surface area contributed by atoms with Crippen LogP contribution in [0.1, 0.15) is 56.7 Å². The second kappa shape index (κ2) is 5.07. The predicted octanol–water partition coefficient (Wildman–Crippen LogP) is 4.14. The molecule has 3 rings (SSSR count). The maximum absolute atomic E-state index is 9.91. The van der Waals surface area contributed by atoms with Gasteiger partial charge in [0.25, 0.3) is 0 Å². The molecule has 0 spiro atoms. The van der Waals surface area contributed by atoms with Gasteiger partial charge in [0, 0.05) is 12.6 Å². The van der Waals surface area contributed by atoms with Crippen molar-refractivity contribution in [3.63, 3.8) is 0 Å². The molecule has 1 N–H and O–H groups in total. The van der Waals surface area contributed by atoms with E-state index in [1.807, 2.05) is 12.1 Å². The number of hydrogen-bond donors (Lipinski definition) is 1. The predicted molar refractivity (Wildman–Crippen MR) is 82.9 cm³/mol. The first-order valence-electron chi connectivity index (χ1n) is 8.04. The van der Waals surface area contributed by atoms with Crippen molar-refractivity contribution < 1.29 is 5.11 Å². The van der Waals surface area contributed by atoms with E-state index in [9.17, 15) is 5.11 Å². The van der Waals surface area contributed by atoms with Crippen LogP contribution in [0.15, 0.2) is 18.2 Å². The van der Waals surface area contributed by atoms with Gasteiger partial charge in [-0.1, -0.05) is 26.3 Å². The van der Waals surface area contributed by atoms with E-state index >= 15 is 0 Å². The molecular formula is C18H27NO. The van der Waals surface area contributed by atoms with Crippen LogP contribution in [-0.4, -0.2) is 23.6 Å². The van der Waals surface area contributed by atoms with E-state index in [1.54, 1.807) is 0 Å². The second-order valence-corrected chi connectivity index (χ2v) is 7.33. The van der Waals surface area contributed by atoms with Gasteiger partial charge < -0.3 is 5.11 Å². The highest BCUT2D eigenvalue weighted by Gasteiger charge is 2.48. The Labute approximate surface area is 122 Å². The van der Waals surface area contributed by atoms with Gasteiger partial charge in [0.2, 0.25) is 0 Å². The standard InChI is InChI=1S/C18H27NO/c1-13(2)12-18(8-4-9-18)17-16-11-15(20)6-5-14(16)7-10-19(17)3/h5-6,11,13,17,20H,4,7-10,12H2,1-3H3. The highest BCUT2D eigenvalue weighted by atomic mass is 16.3. The lowest BCUT2D eigenvalue weighted by Crippen LogP contribution is -2.47. The third-order valence-corrected chi connectivity index (χ3v) is 5.34. The first-order chi connectivity index (χ1) is 9.52. The summed E-state index contributed by atoms with van der Waals surface area (Å²) in [6, 6.07) is 6.49. The van der Waals surface area contributed by atoms with Crippen molar-refractivity contribution in [1.29, 1.82) is 0 Å². The molecule has 1 aromatic carbocycles. The molecule has 0 bridgehead atoms. The number of phenolic OH excluding ortho intramolecular Hbond substituents is 1. The molecule has 110 valence electrons. The van der Waals surface area contributed by atoms with Crippen molar-refractivity contribution in [2.45, 2.75) is 52.0 Å². The van der Waals surface area contributed by atoms with E-state index in [4.69, 9.17) is 0 Å². The Kier molecular flexibility index (Phi) is 3.53. The Morgan fingerprint density at radius 2 is 2.10 bits per heavy atom. The third-order valence-electron chi connectivity index (χ3n) is 5.34. The Balaban J connectivity index is 2.01. The van der Waals surface area contributed by atoms with E-state index in [0.717, 1.165) is 18.9 Å². The van der Waals surface area contributed by atoms with Gasteiger partial charge >= 0.3 is 0 Å². The van der Waals surface area contributed by atoms with Crippen molar-refractivity contribution in [1.82, 2.24) is 4.90 Å². The summed E-state index contributed by atoms with van der Waals surface area (Å²) in [7, 11) is 2.26. The molecule has 0 aromatic heterocycles. The topological polar surface area (TPSA) is 23.5 Å². The molecular weight excluding hydrogens is 246 g/mol. The Morgan fingerprint density at radius 1 is 1.35 bits per heavy atom. The summed E-state index contributed by atoms with van der Waals surface area (Å²) in [5.41, 5.74) is 3.27. The maximum atomic E-state index is 9.91. The monoisotopic (exact) mass is 273 g/mol. The number of phenols is 1. The van der Waals surface area contributed by atoms with Crippen LogP contribution in [0.2, 0.25) is 0 Å².